The Kier molecular flexibility index (Phi) is 3.84. The first-order chi connectivity index (χ1) is 7.01. The van der Waals surface area contributed by atoms with E-state index in [0.717, 1.165) is 5.56 Å². The highest BCUT2D eigenvalue weighted by Gasteiger charge is 2.12. The molecule has 0 radical (unpaired) electrons. The van der Waals surface area contributed by atoms with Gasteiger partial charge in [0.2, 0.25) is 0 Å². The minimum Gasteiger partial charge on any atom is -0.394 e. The number of rotatable bonds is 4. The molecule has 3 N–H and O–H groups in total. The Balaban J connectivity index is 3.00. The van der Waals surface area contributed by atoms with E-state index in [-0.39, 0.29) is 12.4 Å². The molecule has 1 aromatic rings. The fraction of sp³-hybridized carbons (Fsp3) is 0.400. The first-order valence-electron chi connectivity index (χ1n) is 4.70. The first kappa shape index (κ1) is 12.2. The molecule has 1 aromatic carbocycles. The van der Waals surface area contributed by atoms with Crippen LogP contribution in [0.3, 0.4) is 0 Å². The van der Waals surface area contributed by atoms with Crippen molar-refractivity contribution in [1.29, 1.82) is 0 Å². The van der Waals surface area contributed by atoms with Crippen molar-refractivity contribution in [3.8, 4) is 0 Å². The van der Waals surface area contributed by atoms with Crippen LogP contribution in [0, 0.1) is 0 Å². The molecule has 4 nitrogen and oxygen atoms in total. The molecule has 0 bridgehead atoms. The minimum atomic E-state index is -3.15. The molecule has 0 saturated heterocycles. The Bertz CT molecular complexity index is 411. The highest BCUT2D eigenvalue weighted by atomic mass is 32.2. The van der Waals surface area contributed by atoms with Crippen LogP contribution in [0.5, 0.6) is 0 Å². The molecule has 1 atom stereocenters. The number of aliphatic hydroxyl groups excluding tert-OH is 1. The largest absolute Gasteiger partial charge is 0.394 e. The lowest BCUT2D eigenvalue weighted by molar-refractivity contribution is 0.268. The van der Waals surface area contributed by atoms with Crippen LogP contribution >= 0.6 is 0 Å². The van der Waals surface area contributed by atoms with Gasteiger partial charge in [0.05, 0.1) is 23.3 Å². The van der Waals surface area contributed by atoms with Crippen molar-refractivity contribution in [2.75, 3.05) is 12.4 Å². The predicted molar refractivity (Wildman–Crippen MR) is 58.2 cm³/mol. The molecule has 1 unspecified atom stereocenters. The van der Waals surface area contributed by atoms with Crippen molar-refractivity contribution in [3.05, 3.63) is 29.8 Å². The van der Waals surface area contributed by atoms with Crippen LogP contribution in [0.15, 0.2) is 29.2 Å². The van der Waals surface area contributed by atoms with Crippen molar-refractivity contribution in [1.82, 2.24) is 0 Å². The fourth-order valence-electron chi connectivity index (χ4n) is 1.19. The van der Waals surface area contributed by atoms with Crippen LogP contribution < -0.4 is 5.73 Å². The maximum absolute atomic E-state index is 11.5. The van der Waals surface area contributed by atoms with Gasteiger partial charge in [0, 0.05) is 0 Å². The summed E-state index contributed by atoms with van der Waals surface area (Å²) >= 11 is 0. The van der Waals surface area contributed by atoms with E-state index in [0.29, 0.717) is 4.90 Å². The molecule has 0 aromatic heterocycles. The third-order valence-corrected chi connectivity index (χ3v) is 3.99. The maximum atomic E-state index is 11.5. The first-order valence-corrected chi connectivity index (χ1v) is 6.35. The number of hydrogen-bond donors (Lipinski definition) is 2. The standard InChI is InChI=1S/C10H15NO3S/c1-2-15(13,14)9-5-3-8(4-6-9)10(11)7-12/h3-6,10,12H,2,7,11H2,1H3. The normalized spacial score (nSPS) is 13.8. The Labute approximate surface area is 89.7 Å². The highest BCUT2D eigenvalue weighted by molar-refractivity contribution is 7.91. The number of hydrogen-bond acceptors (Lipinski definition) is 4. The quantitative estimate of drug-likeness (QED) is 0.786. The smallest absolute Gasteiger partial charge is 0.178 e. The lowest BCUT2D eigenvalue weighted by Gasteiger charge is -2.09. The van der Waals surface area contributed by atoms with Gasteiger partial charge in [-0.25, -0.2) is 8.42 Å². The third kappa shape index (κ3) is 2.77. The van der Waals surface area contributed by atoms with Crippen molar-refractivity contribution >= 4 is 9.84 Å². The Morgan fingerprint density at radius 3 is 2.27 bits per heavy atom. The Morgan fingerprint density at radius 2 is 1.87 bits per heavy atom. The van der Waals surface area contributed by atoms with Crippen LogP contribution in [0.25, 0.3) is 0 Å². The van der Waals surface area contributed by atoms with Gasteiger partial charge in [-0.15, -0.1) is 0 Å². The molecule has 0 aliphatic carbocycles. The maximum Gasteiger partial charge on any atom is 0.178 e. The number of sulfone groups is 1. The van der Waals surface area contributed by atoms with E-state index >= 15 is 0 Å². The Hall–Kier alpha value is -0.910. The van der Waals surface area contributed by atoms with E-state index in [1.807, 2.05) is 0 Å². The van der Waals surface area contributed by atoms with E-state index in [1.54, 1.807) is 19.1 Å². The van der Waals surface area contributed by atoms with E-state index in [9.17, 15) is 8.42 Å². The highest BCUT2D eigenvalue weighted by Crippen LogP contribution is 2.15. The number of benzene rings is 1. The average molecular weight is 229 g/mol. The number of nitrogens with two attached hydrogens (primary N) is 1. The molecular weight excluding hydrogens is 214 g/mol. The van der Waals surface area contributed by atoms with Gasteiger partial charge in [-0.3, -0.25) is 0 Å². The van der Waals surface area contributed by atoms with Crippen molar-refractivity contribution < 1.29 is 13.5 Å². The molecule has 0 fully saturated rings. The van der Waals surface area contributed by atoms with Crippen molar-refractivity contribution in [2.24, 2.45) is 5.73 Å². The topological polar surface area (TPSA) is 80.4 Å². The van der Waals surface area contributed by atoms with E-state index in [1.165, 1.54) is 12.1 Å². The molecule has 1 rings (SSSR count). The van der Waals surface area contributed by atoms with E-state index in [4.69, 9.17) is 10.8 Å². The molecule has 0 amide bonds. The van der Waals surface area contributed by atoms with Gasteiger partial charge >= 0.3 is 0 Å². The molecule has 84 valence electrons. The predicted octanol–water partition coefficient (Wildman–Crippen LogP) is 0.472. The van der Waals surface area contributed by atoms with Crippen LogP contribution in [0.4, 0.5) is 0 Å². The summed E-state index contributed by atoms with van der Waals surface area (Å²) in [5, 5.41) is 8.82. The molecular formula is C10H15NO3S. The molecule has 0 spiro atoms. The average Bonchev–Trinajstić information content (AvgIpc) is 2.28. The summed E-state index contributed by atoms with van der Waals surface area (Å²) in [7, 11) is -3.15. The second kappa shape index (κ2) is 4.74. The van der Waals surface area contributed by atoms with Crippen molar-refractivity contribution in [2.45, 2.75) is 17.9 Å². The second-order valence-corrected chi connectivity index (χ2v) is 5.54. The molecule has 0 saturated carbocycles. The molecule has 15 heavy (non-hydrogen) atoms. The van der Waals surface area contributed by atoms with Gasteiger partial charge < -0.3 is 10.8 Å². The van der Waals surface area contributed by atoms with Gasteiger partial charge in [-0.05, 0) is 17.7 Å². The summed E-state index contributed by atoms with van der Waals surface area (Å²) in [4.78, 5) is 0.291. The zero-order valence-corrected chi connectivity index (χ0v) is 9.37. The lowest BCUT2D eigenvalue weighted by atomic mass is 10.1. The monoisotopic (exact) mass is 229 g/mol. The van der Waals surface area contributed by atoms with Crippen LogP contribution in [0.1, 0.15) is 18.5 Å². The summed E-state index contributed by atoms with van der Waals surface area (Å²) in [6.07, 6.45) is 0. The van der Waals surface area contributed by atoms with E-state index < -0.39 is 15.9 Å². The summed E-state index contributed by atoms with van der Waals surface area (Å²) in [6, 6.07) is 5.84. The summed E-state index contributed by atoms with van der Waals surface area (Å²) in [5.41, 5.74) is 6.32. The van der Waals surface area contributed by atoms with Gasteiger partial charge in [0.15, 0.2) is 9.84 Å². The van der Waals surface area contributed by atoms with Gasteiger partial charge in [-0.2, -0.15) is 0 Å². The van der Waals surface area contributed by atoms with Crippen LogP contribution in [-0.4, -0.2) is 25.9 Å². The Morgan fingerprint density at radius 1 is 1.33 bits per heavy atom. The third-order valence-electron chi connectivity index (χ3n) is 2.24. The van der Waals surface area contributed by atoms with Gasteiger partial charge in [-0.1, -0.05) is 19.1 Å². The summed E-state index contributed by atoms with van der Waals surface area (Å²) in [5.74, 6) is 0.0817. The summed E-state index contributed by atoms with van der Waals surface area (Å²) in [6.45, 7) is 1.45. The van der Waals surface area contributed by atoms with Gasteiger partial charge in [0.1, 0.15) is 0 Å². The molecule has 0 aliphatic rings. The molecule has 0 heterocycles. The molecule has 5 heteroatoms. The van der Waals surface area contributed by atoms with Gasteiger partial charge in [0.25, 0.3) is 0 Å². The number of aliphatic hydroxyl groups is 1. The molecule has 0 aliphatic heterocycles. The summed E-state index contributed by atoms with van der Waals surface area (Å²) < 4.78 is 22.9. The zero-order chi connectivity index (χ0) is 11.5. The van der Waals surface area contributed by atoms with Crippen molar-refractivity contribution in [3.63, 3.8) is 0 Å². The van der Waals surface area contributed by atoms with E-state index in [2.05, 4.69) is 0 Å². The van der Waals surface area contributed by atoms with Crippen LogP contribution in [-0.2, 0) is 9.84 Å². The minimum absolute atomic E-state index is 0.0817. The SMILES string of the molecule is CCS(=O)(=O)c1ccc(C(N)CO)cc1. The lowest BCUT2D eigenvalue weighted by Crippen LogP contribution is -2.14. The fourth-order valence-corrected chi connectivity index (χ4v) is 2.08. The second-order valence-electron chi connectivity index (χ2n) is 3.26. The zero-order valence-electron chi connectivity index (χ0n) is 8.55. The van der Waals surface area contributed by atoms with Crippen LogP contribution in [0.2, 0.25) is 0 Å².